The lowest BCUT2D eigenvalue weighted by molar-refractivity contribution is -0.141. The number of ether oxygens (including phenoxy) is 1. The van der Waals surface area contributed by atoms with Gasteiger partial charge in [-0.15, -0.1) is 0 Å². The first-order chi connectivity index (χ1) is 13.4. The largest absolute Gasteiger partial charge is 0.506 e. The molecule has 0 aliphatic heterocycles. The standard InChI is InChI=1S/C19H15ClN2O6/c1-2-27-14(23)9-22-18(25)15-16(24)13-7-11(20)6-12(17(13)28-19(15)26)10-4-3-5-21-8-10/h3-8,24H,2,9H2,1H3,(H,22,25). The van der Waals surface area contributed by atoms with Gasteiger partial charge in [0.05, 0.1) is 12.0 Å². The third-order valence-corrected chi connectivity index (χ3v) is 4.06. The van der Waals surface area contributed by atoms with Crippen LogP contribution in [0.3, 0.4) is 0 Å². The van der Waals surface area contributed by atoms with Crippen LogP contribution in [0.1, 0.15) is 17.3 Å². The SMILES string of the molecule is CCOC(=O)CNC(=O)c1c(O)c2cc(Cl)cc(-c3cccnc3)c2oc1=O. The molecular formula is C19H15ClN2O6. The fourth-order valence-corrected chi connectivity index (χ4v) is 2.86. The first-order valence-corrected chi connectivity index (χ1v) is 8.63. The number of aromatic hydroxyl groups is 1. The molecule has 2 heterocycles. The van der Waals surface area contributed by atoms with Crippen molar-refractivity contribution in [1.82, 2.24) is 10.3 Å². The molecule has 0 bridgehead atoms. The van der Waals surface area contributed by atoms with E-state index in [0.29, 0.717) is 11.1 Å². The summed E-state index contributed by atoms with van der Waals surface area (Å²) < 4.78 is 10.0. The molecule has 0 saturated carbocycles. The minimum atomic E-state index is -1.06. The summed E-state index contributed by atoms with van der Waals surface area (Å²) in [6.45, 7) is 1.31. The number of esters is 1. The number of aromatic nitrogens is 1. The van der Waals surface area contributed by atoms with Crippen LogP contribution in [0.25, 0.3) is 22.1 Å². The van der Waals surface area contributed by atoms with E-state index in [0.717, 1.165) is 0 Å². The van der Waals surface area contributed by atoms with Crippen LogP contribution < -0.4 is 10.9 Å². The minimum absolute atomic E-state index is 0.0573. The predicted octanol–water partition coefficient (Wildman–Crippen LogP) is 2.51. The molecule has 0 spiro atoms. The summed E-state index contributed by atoms with van der Waals surface area (Å²) in [5.41, 5.74) is -0.588. The molecule has 0 aliphatic carbocycles. The number of fused-ring (bicyclic) bond motifs is 1. The van der Waals surface area contributed by atoms with Crippen molar-refractivity contribution in [2.75, 3.05) is 13.2 Å². The zero-order valence-corrected chi connectivity index (χ0v) is 15.4. The summed E-state index contributed by atoms with van der Waals surface area (Å²) in [4.78, 5) is 40.1. The second kappa shape index (κ2) is 8.10. The first-order valence-electron chi connectivity index (χ1n) is 8.26. The van der Waals surface area contributed by atoms with E-state index in [1.54, 1.807) is 37.5 Å². The minimum Gasteiger partial charge on any atom is -0.506 e. The highest BCUT2D eigenvalue weighted by atomic mass is 35.5. The van der Waals surface area contributed by atoms with Gasteiger partial charge in [-0.2, -0.15) is 0 Å². The molecule has 0 radical (unpaired) electrons. The van der Waals surface area contributed by atoms with Gasteiger partial charge in [-0.1, -0.05) is 17.7 Å². The van der Waals surface area contributed by atoms with Crippen molar-refractivity contribution in [3.63, 3.8) is 0 Å². The third kappa shape index (κ3) is 3.81. The predicted molar refractivity (Wildman–Crippen MR) is 101 cm³/mol. The normalized spacial score (nSPS) is 10.6. The number of nitrogens with one attached hydrogen (secondary N) is 1. The molecule has 144 valence electrons. The Balaban J connectivity index is 2.09. The number of rotatable bonds is 5. The molecule has 0 fully saturated rings. The van der Waals surface area contributed by atoms with Gasteiger partial charge in [0.25, 0.3) is 5.91 Å². The zero-order chi connectivity index (χ0) is 20.3. The average Bonchev–Trinajstić information content (AvgIpc) is 2.67. The first kappa shape index (κ1) is 19.4. The molecule has 2 aromatic heterocycles. The van der Waals surface area contributed by atoms with Gasteiger partial charge >= 0.3 is 11.6 Å². The zero-order valence-electron chi connectivity index (χ0n) is 14.7. The van der Waals surface area contributed by atoms with Crippen molar-refractivity contribution in [3.8, 4) is 16.9 Å². The van der Waals surface area contributed by atoms with Crippen LogP contribution in [0.4, 0.5) is 0 Å². The van der Waals surface area contributed by atoms with Crippen LogP contribution >= 0.6 is 11.6 Å². The van der Waals surface area contributed by atoms with E-state index < -0.39 is 35.4 Å². The Morgan fingerprint density at radius 2 is 2.14 bits per heavy atom. The Hall–Kier alpha value is -3.39. The van der Waals surface area contributed by atoms with Gasteiger partial charge in [-0.25, -0.2) is 4.79 Å². The van der Waals surface area contributed by atoms with E-state index in [2.05, 4.69) is 10.3 Å². The monoisotopic (exact) mass is 402 g/mol. The van der Waals surface area contributed by atoms with Crippen molar-refractivity contribution >= 4 is 34.4 Å². The quantitative estimate of drug-likeness (QED) is 0.497. The van der Waals surface area contributed by atoms with Crippen molar-refractivity contribution < 1.29 is 23.8 Å². The maximum Gasteiger partial charge on any atom is 0.353 e. The number of amides is 1. The van der Waals surface area contributed by atoms with Gasteiger partial charge in [0.2, 0.25) is 0 Å². The third-order valence-electron chi connectivity index (χ3n) is 3.84. The molecule has 3 rings (SSSR count). The van der Waals surface area contributed by atoms with Crippen LogP contribution in [-0.2, 0) is 9.53 Å². The second-order valence-corrected chi connectivity index (χ2v) is 6.11. The highest BCUT2D eigenvalue weighted by Crippen LogP contribution is 2.36. The van der Waals surface area contributed by atoms with E-state index in [-0.39, 0.29) is 22.6 Å². The molecule has 2 N–H and O–H groups in total. The number of hydrogen-bond donors (Lipinski definition) is 2. The number of nitrogens with zero attached hydrogens (tertiary/aromatic N) is 1. The molecule has 0 unspecified atom stereocenters. The fraction of sp³-hybridized carbons (Fsp3) is 0.158. The van der Waals surface area contributed by atoms with Crippen LogP contribution in [0.2, 0.25) is 5.02 Å². The summed E-state index contributed by atoms with van der Waals surface area (Å²) in [5.74, 6) is -2.24. The highest BCUT2D eigenvalue weighted by Gasteiger charge is 2.23. The topological polar surface area (TPSA) is 119 Å². The van der Waals surface area contributed by atoms with Gasteiger partial charge in [0.1, 0.15) is 17.9 Å². The molecule has 8 nitrogen and oxygen atoms in total. The van der Waals surface area contributed by atoms with Crippen LogP contribution in [0, 0.1) is 0 Å². The van der Waals surface area contributed by atoms with Gasteiger partial charge in [-0.3, -0.25) is 14.6 Å². The molecule has 9 heteroatoms. The number of carbonyl (C=O) groups is 2. The summed E-state index contributed by atoms with van der Waals surface area (Å²) >= 11 is 6.14. The van der Waals surface area contributed by atoms with E-state index in [4.69, 9.17) is 20.8 Å². The molecule has 0 saturated heterocycles. The molecule has 3 aromatic rings. The maximum absolute atomic E-state index is 12.4. The maximum atomic E-state index is 12.4. The van der Waals surface area contributed by atoms with Crippen molar-refractivity contribution in [3.05, 3.63) is 57.7 Å². The molecule has 1 amide bonds. The van der Waals surface area contributed by atoms with Crippen LogP contribution in [0.5, 0.6) is 5.75 Å². The van der Waals surface area contributed by atoms with E-state index >= 15 is 0 Å². The van der Waals surface area contributed by atoms with Crippen molar-refractivity contribution in [1.29, 1.82) is 0 Å². The Morgan fingerprint density at radius 3 is 2.82 bits per heavy atom. The molecule has 1 aromatic carbocycles. The fourth-order valence-electron chi connectivity index (χ4n) is 2.64. The summed E-state index contributed by atoms with van der Waals surface area (Å²) in [6.07, 6.45) is 3.12. The summed E-state index contributed by atoms with van der Waals surface area (Å²) in [5, 5.41) is 13.1. The van der Waals surface area contributed by atoms with Crippen LogP contribution in [0.15, 0.2) is 45.9 Å². The van der Waals surface area contributed by atoms with E-state index in [1.807, 2.05) is 0 Å². The second-order valence-electron chi connectivity index (χ2n) is 5.67. The number of pyridine rings is 1. The van der Waals surface area contributed by atoms with E-state index in [9.17, 15) is 19.5 Å². The number of halogens is 1. The number of carbonyl (C=O) groups excluding carboxylic acids is 2. The van der Waals surface area contributed by atoms with Crippen molar-refractivity contribution in [2.24, 2.45) is 0 Å². The summed E-state index contributed by atoms with van der Waals surface area (Å²) in [6, 6.07) is 6.35. The number of hydrogen-bond acceptors (Lipinski definition) is 7. The van der Waals surface area contributed by atoms with Gasteiger partial charge < -0.3 is 19.6 Å². The van der Waals surface area contributed by atoms with Gasteiger partial charge in [0.15, 0.2) is 5.56 Å². The van der Waals surface area contributed by atoms with E-state index in [1.165, 1.54) is 6.07 Å². The lowest BCUT2D eigenvalue weighted by atomic mass is 10.0. The average molecular weight is 403 g/mol. The molecule has 0 atom stereocenters. The van der Waals surface area contributed by atoms with Crippen LogP contribution in [-0.4, -0.2) is 35.1 Å². The van der Waals surface area contributed by atoms with Gasteiger partial charge in [-0.05, 0) is 25.1 Å². The smallest absolute Gasteiger partial charge is 0.353 e. The molecule has 28 heavy (non-hydrogen) atoms. The highest BCUT2D eigenvalue weighted by molar-refractivity contribution is 6.32. The number of benzene rings is 1. The lowest BCUT2D eigenvalue weighted by Gasteiger charge is -2.10. The Bertz CT molecular complexity index is 1110. The summed E-state index contributed by atoms with van der Waals surface area (Å²) in [7, 11) is 0. The van der Waals surface area contributed by atoms with Gasteiger partial charge in [0, 0.05) is 28.5 Å². The molecule has 0 aliphatic rings. The Kier molecular flexibility index (Phi) is 5.60. The Morgan fingerprint density at radius 1 is 1.36 bits per heavy atom. The molecular weight excluding hydrogens is 388 g/mol. The lowest BCUT2D eigenvalue weighted by Crippen LogP contribution is -2.33. The Labute approximate surface area is 163 Å². The van der Waals surface area contributed by atoms with Crippen molar-refractivity contribution in [2.45, 2.75) is 6.92 Å².